The quantitative estimate of drug-likeness (QED) is 0.730. The predicted octanol–water partition coefficient (Wildman–Crippen LogP) is 1.82. The van der Waals surface area contributed by atoms with Gasteiger partial charge in [-0.1, -0.05) is 26.7 Å². The lowest BCUT2D eigenvalue weighted by Crippen LogP contribution is -2.49. The van der Waals surface area contributed by atoms with Crippen molar-refractivity contribution in [2.45, 2.75) is 64.5 Å². The van der Waals surface area contributed by atoms with Gasteiger partial charge in [0.1, 0.15) is 0 Å². The van der Waals surface area contributed by atoms with Gasteiger partial charge in [0.15, 0.2) is 0 Å². The first kappa shape index (κ1) is 12.5. The lowest BCUT2D eigenvalue weighted by molar-refractivity contribution is -0.124. The number of hydrogen-bond donors (Lipinski definition) is 2. The zero-order chi connectivity index (χ0) is 11.1. The fourth-order valence-corrected chi connectivity index (χ4v) is 2.10. The highest BCUT2D eigenvalue weighted by molar-refractivity contribution is 5.82. The molecule has 1 heterocycles. The second-order valence-corrected chi connectivity index (χ2v) is 4.40. The first-order chi connectivity index (χ1) is 7.27. The largest absolute Gasteiger partial charge is 0.352 e. The third-order valence-corrected chi connectivity index (χ3v) is 3.10. The third kappa shape index (κ3) is 4.20. The van der Waals surface area contributed by atoms with Gasteiger partial charge in [0.25, 0.3) is 0 Å². The number of carbonyl (C=O) groups excluding carboxylic acids is 1. The van der Waals surface area contributed by atoms with E-state index >= 15 is 0 Å². The highest BCUT2D eigenvalue weighted by atomic mass is 16.2. The summed E-state index contributed by atoms with van der Waals surface area (Å²) in [5, 5.41) is 6.41. The SMILES string of the molecule is CCCC(CC)NC(=O)[C@H]1CCCCN1. The molecule has 3 nitrogen and oxygen atoms in total. The van der Waals surface area contributed by atoms with E-state index in [9.17, 15) is 4.79 Å². The predicted molar refractivity (Wildman–Crippen MR) is 62.8 cm³/mol. The molecule has 1 saturated heterocycles. The van der Waals surface area contributed by atoms with E-state index in [-0.39, 0.29) is 11.9 Å². The summed E-state index contributed by atoms with van der Waals surface area (Å²) in [6, 6.07) is 0.427. The minimum Gasteiger partial charge on any atom is -0.352 e. The van der Waals surface area contributed by atoms with Crippen LogP contribution in [0.2, 0.25) is 0 Å². The van der Waals surface area contributed by atoms with Gasteiger partial charge in [-0.05, 0) is 32.2 Å². The van der Waals surface area contributed by atoms with E-state index in [1.165, 1.54) is 12.8 Å². The number of carbonyl (C=O) groups is 1. The molecule has 1 amide bonds. The van der Waals surface area contributed by atoms with Crippen LogP contribution in [0.4, 0.5) is 0 Å². The third-order valence-electron chi connectivity index (χ3n) is 3.10. The van der Waals surface area contributed by atoms with Crippen LogP contribution in [0, 0.1) is 0 Å². The van der Waals surface area contributed by atoms with Crippen LogP contribution in [-0.4, -0.2) is 24.5 Å². The molecule has 1 aliphatic heterocycles. The molecule has 0 bridgehead atoms. The van der Waals surface area contributed by atoms with Gasteiger partial charge >= 0.3 is 0 Å². The van der Waals surface area contributed by atoms with Gasteiger partial charge in [-0.3, -0.25) is 4.79 Å². The van der Waals surface area contributed by atoms with E-state index < -0.39 is 0 Å². The van der Waals surface area contributed by atoms with Crippen LogP contribution in [0.5, 0.6) is 0 Å². The maximum absolute atomic E-state index is 11.9. The van der Waals surface area contributed by atoms with Gasteiger partial charge in [-0.2, -0.15) is 0 Å². The van der Waals surface area contributed by atoms with Crippen molar-refractivity contribution in [1.29, 1.82) is 0 Å². The molecular formula is C12H24N2O. The smallest absolute Gasteiger partial charge is 0.237 e. The van der Waals surface area contributed by atoms with Gasteiger partial charge in [0.05, 0.1) is 6.04 Å². The zero-order valence-electron chi connectivity index (χ0n) is 10.0. The van der Waals surface area contributed by atoms with Crippen molar-refractivity contribution in [1.82, 2.24) is 10.6 Å². The van der Waals surface area contributed by atoms with Crippen molar-refractivity contribution in [3.05, 3.63) is 0 Å². The van der Waals surface area contributed by atoms with E-state index in [1.807, 2.05) is 0 Å². The van der Waals surface area contributed by atoms with Gasteiger partial charge in [0, 0.05) is 6.04 Å². The van der Waals surface area contributed by atoms with Crippen LogP contribution < -0.4 is 10.6 Å². The number of rotatable bonds is 5. The fraction of sp³-hybridized carbons (Fsp3) is 0.917. The van der Waals surface area contributed by atoms with E-state index in [0.717, 1.165) is 32.2 Å². The molecular weight excluding hydrogens is 188 g/mol. The minimum absolute atomic E-state index is 0.0599. The van der Waals surface area contributed by atoms with E-state index in [2.05, 4.69) is 24.5 Å². The Kier molecular flexibility index (Phi) is 5.69. The Bertz CT molecular complexity index is 188. The summed E-state index contributed by atoms with van der Waals surface area (Å²) in [6.07, 6.45) is 6.64. The molecule has 0 aromatic rings. The Hall–Kier alpha value is -0.570. The molecule has 2 atom stereocenters. The Labute approximate surface area is 93.0 Å². The van der Waals surface area contributed by atoms with Crippen LogP contribution in [0.1, 0.15) is 52.4 Å². The van der Waals surface area contributed by atoms with Crippen molar-refractivity contribution in [2.75, 3.05) is 6.54 Å². The molecule has 0 aliphatic carbocycles. The number of amides is 1. The summed E-state index contributed by atoms with van der Waals surface area (Å²) in [4.78, 5) is 11.9. The molecule has 88 valence electrons. The Balaban J connectivity index is 2.31. The van der Waals surface area contributed by atoms with Crippen molar-refractivity contribution in [2.24, 2.45) is 0 Å². The minimum atomic E-state index is 0.0599. The molecule has 3 heteroatoms. The normalized spacial score (nSPS) is 23.5. The molecule has 0 radical (unpaired) electrons. The van der Waals surface area contributed by atoms with E-state index in [1.54, 1.807) is 0 Å². The second kappa shape index (κ2) is 6.83. The molecule has 15 heavy (non-hydrogen) atoms. The lowest BCUT2D eigenvalue weighted by atomic mass is 10.0. The molecule has 0 aromatic heterocycles. The average Bonchev–Trinajstić information content (AvgIpc) is 2.29. The average molecular weight is 212 g/mol. The number of piperidine rings is 1. The summed E-state index contributed by atoms with van der Waals surface area (Å²) >= 11 is 0. The molecule has 0 aromatic carbocycles. The van der Waals surface area contributed by atoms with Crippen LogP contribution in [-0.2, 0) is 4.79 Å². The molecule has 2 N–H and O–H groups in total. The van der Waals surface area contributed by atoms with Gasteiger partial charge in [-0.25, -0.2) is 0 Å². The molecule has 0 spiro atoms. The van der Waals surface area contributed by atoms with Crippen molar-refractivity contribution >= 4 is 5.91 Å². The summed E-state index contributed by atoms with van der Waals surface area (Å²) in [7, 11) is 0. The summed E-state index contributed by atoms with van der Waals surface area (Å²) < 4.78 is 0. The lowest BCUT2D eigenvalue weighted by Gasteiger charge is -2.25. The number of nitrogens with one attached hydrogen (secondary N) is 2. The Morgan fingerprint density at radius 3 is 2.80 bits per heavy atom. The molecule has 1 unspecified atom stereocenters. The van der Waals surface area contributed by atoms with Crippen LogP contribution in [0.3, 0.4) is 0 Å². The molecule has 1 fully saturated rings. The summed E-state index contributed by atoms with van der Waals surface area (Å²) in [6.45, 7) is 5.28. The van der Waals surface area contributed by atoms with Crippen molar-refractivity contribution in [3.63, 3.8) is 0 Å². The zero-order valence-corrected chi connectivity index (χ0v) is 10.0. The van der Waals surface area contributed by atoms with Crippen LogP contribution in [0.15, 0.2) is 0 Å². The standard InChI is InChI=1S/C12H24N2O/c1-3-7-10(4-2)14-12(15)11-8-5-6-9-13-11/h10-11,13H,3-9H2,1-2H3,(H,14,15)/t10?,11-/m1/s1. The molecule has 1 rings (SSSR count). The Morgan fingerprint density at radius 1 is 1.47 bits per heavy atom. The maximum atomic E-state index is 11.9. The highest BCUT2D eigenvalue weighted by Crippen LogP contribution is 2.08. The van der Waals surface area contributed by atoms with Crippen LogP contribution >= 0.6 is 0 Å². The van der Waals surface area contributed by atoms with Gasteiger partial charge < -0.3 is 10.6 Å². The number of hydrogen-bond acceptors (Lipinski definition) is 2. The van der Waals surface area contributed by atoms with Crippen molar-refractivity contribution in [3.8, 4) is 0 Å². The summed E-state index contributed by atoms with van der Waals surface area (Å²) in [5.41, 5.74) is 0. The molecule has 1 aliphatic rings. The highest BCUT2D eigenvalue weighted by Gasteiger charge is 2.21. The fourth-order valence-electron chi connectivity index (χ4n) is 2.10. The van der Waals surface area contributed by atoms with Crippen molar-refractivity contribution < 1.29 is 4.79 Å². The van der Waals surface area contributed by atoms with Crippen LogP contribution in [0.25, 0.3) is 0 Å². The first-order valence-corrected chi connectivity index (χ1v) is 6.31. The van der Waals surface area contributed by atoms with Gasteiger partial charge in [-0.15, -0.1) is 0 Å². The van der Waals surface area contributed by atoms with E-state index in [0.29, 0.717) is 6.04 Å². The Morgan fingerprint density at radius 2 is 2.27 bits per heavy atom. The van der Waals surface area contributed by atoms with Gasteiger partial charge in [0.2, 0.25) is 5.91 Å². The molecule has 0 saturated carbocycles. The second-order valence-electron chi connectivity index (χ2n) is 4.40. The maximum Gasteiger partial charge on any atom is 0.237 e. The topological polar surface area (TPSA) is 41.1 Å². The first-order valence-electron chi connectivity index (χ1n) is 6.31. The van der Waals surface area contributed by atoms with E-state index in [4.69, 9.17) is 0 Å². The monoisotopic (exact) mass is 212 g/mol. The summed E-state index contributed by atoms with van der Waals surface area (Å²) in [5.74, 6) is 0.204.